The number of carbonyl (C=O) groups excluding carboxylic acids is 1. The van der Waals surface area contributed by atoms with Crippen LogP contribution in [0.4, 0.5) is 10.1 Å². The Bertz CT molecular complexity index is 717. The second-order valence-corrected chi connectivity index (χ2v) is 6.55. The number of nitrogens with two attached hydrogens (primary N) is 1. The molecular weight excluding hydrogens is 317 g/mol. The molecule has 1 aliphatic rings. The number of piperidine rings is 1. The van der Waals surface area contributed by atoms with Gasteiger partial charge in [0.1, 0.15) is 5.82 Å². The van der Waals surface area contributed by atoms with Gasteiger partial charge in [0.15, 0.2) is 0 Å². The molecule has 5 heteroatoms. The molecule has 0 spiro atoms. The lowest BCUT2D eigenvalue weighted by atomic mass is 9.97. The Morgan fingerprint density at radius 2 is 1.92 bits per heavy atom. The molecule has 0 radical (unpaired) electrons. The molecule has 25 heavy (non-hydrogen) atoms. The van der Waals surface area contributed by atoms with Crippen molar-refractivity contribution >= 4 is 11.6 Å². The van der Waals surface area contributed by atoms with Gasteiger partial charge in [0, 0.05) is 37.4 Å². The fourth-order valence-corrected chi connectivity index (χ4v) is 3.25. The van der Waals surface area contributed by atoms with Crippen molar-refractivity contribution in [2.24, 2.45) is 11.7 Å². The van der Waals surface area contributed by atoms with Crippen molar-refractivity contribution in [1.82, 2.24) is 5.32 Å². The zero-order valence-electron chi connectivity index (χ0n) is 14.2. The van der Waals surface area contributed by atoms with Gasteiger partial charge in [-0.3, -0.25) is 4.79 Å². The van der Waals surface area contributed by atoms with Crippen LogP contribution in [0.1, 0.15) is 24.0 Å². The molecule has 0 saturated carbocycles. The minimum atomic E-state index is -0.210. The van der Waals surface area contributed by atoms with Crippen molar-refractivity contribution in [3.8, 4) is 0 Å². The van der Waals surface area contributed by atoms with E-state index in [1.807, 2.05) is 6.07 Å². The van der Waals surface area contributed by atoms with Gasteiger partial charge in [0.2, 0.25) is 5.91 Å². The molecule has 4 nitrogen and oxygen atoms in total. The Morgan fingerprint density at radius 1 is 1.16 bits per heavy atom. The Balaban J connectivity index is 1.53. The van der Waals surface area contributed by atoms with E-state index in [1.165, 1.54) is 6.07 Å². The van der Waals surface area contributed by atoms with E-state index >= 15 is 0 Å². The minimum absolute atomic E-state index is 0.0594. The van der Waals surface area contributed by atoms with Crippen LogP contribution in [0.15, 0.2) is 48.5 Å². The number of halogens is 1. The third-order valence-corrected chi connectivity index (χ3v) is 4.73. The molecule has 1 saturated heterocycles. The summed E-state index contributed by atoms with van der Waals surface area (Å²) in [5, 5.41) is 3.27. The van der Waals surface area contributed by atoms with E-state index < -0.39 is 0 Å². The fraction of sp³-hybridized carbons (Fsp3) is 0.350. The number of nitrogens with zero attached hydrogens (tertiary/aromatic N) is 1. The number of primary amides is 1. The molecule has 0 aliphatic carbocycles. The molecular formula is C20H24FN3O. The molecule has 1 heterocycles. The predicted molar refractivity (Wildman–Crippen MR) is 97.5 cm³/mol. The molecule has 0 aromatic heterocycles. The molecule has 3 N–H and O–H groups in total. The molecule has 2 aromatic rings. The summed E-state index contributed by atoms with van der Waals surface area (Å²) < 4.78 is 13.6. The molecule has 3 rings (SSSR count). The highest BCUT2D eigenvalue weighted by Crippen LogP contribution is 2.23. The van der Waals surface area contributed by atoms with Gasteiger partial charge in [-0.1, -0.05) is 30.3 Å². The van der Waals surface area contributed by atoms with E-state index in [0.29, 0.717) is 25.2 Å². The lowest BCUT2D eigenvalue weighted by molar-refractivity contribution is -0.122. The largest absolute Gasteiger partial charge is 0.371 e. The molecule has 1 atom stereocenters. The number of benzene rings is 2. The summed E-state index contributed by atoms with van der Waals surface area (Å²) in [5.41, 5.74) is 8.37. The maximum atomic E-state index is 13.6. The van der Waals surface area contributed by atoms with Crippen LogP contribution < -0.4 is 16.0 Å². The molecule has 132 valence electrons. The van der Waals surface area contributed by atoms with Crippen LogP contribution in [0.5, 0.6) is 0 Å². The first kappa shape index (κ1) is 17.4. The zero-order chi connectivity index (χ0) is 17.6. The third-order valence-electron chi connectivity index (χ3n) is 4.73. The summed E-state index contributed by atoms with van der Waals surface area (Å²) in [5.74, 6) is -0.450. The van der Waals surface area contributed by atoms with Crippen LogP contribution >= 0.6 is 0 Å². The minimum Gasteiger partial charge on any atom is -0.371 e. The van der Waals surface area contributed by atoms with Crippen LogP contribution in [0.2, 0.25) is 0 Å². The molecule has 1 aliphatic heterocycles. The topological polar surface area (TPSA) is 58.4 Å². The van der Waals surface area contributed by atoms with Crippen molar-refractivity contribution in [1.29, 1.82) is 0 Å². The monoisotopic (exact) mass is 341 g/mol. The number of carbonyl (C=O) groups is 1. The van der Waals surface area contributed by atoms with Crippen LogP contribution in [-0.4, -0.2) is 19.0 Å². The first-order valence-electron chi connectivity index (χ1n) is 8.71. The number of hydrogen-bond donors (Lipinski definition) is 2. The fourth-order valence-electron chi connectivity index (χ4n) is 3.25. The Morgan fingerprint density at radius 3 is 2.64 bits per heavy atom. The summed E-state index contributed by atoms with van der Waals surface area (Å²) >= 11 is 0. The van der Waals surface area contributed by atoms with Crippen molar-refractivity contribution in [2.45, 2.75) is 25.9 Å². The van der Waals surface area contributed by atoms with Crippen LogP contribution in [0, 0.1) is 11.7 Å². The van der Waals surface area contributed by atoms with Gasteiger partial charge >= 0.3 is 0 Å². The summed E-state index contributed by atoms with van der Waals surface area (Å²) in [6.45, 7) is 2.83. The molecule has 0 bridgehead atoms. The summed E-state index contributed by atoms with van der Waals surface area (Å²) in [6.07, 6.45) is 1.86. The number of nitrogens with one attached hydrogen (secondary N) is 1. The van der Waals surface area contributed by atoms with Crippen molar-refractivity contribution in [3.05, 3.63) is 65.5 Å². The number of hydrogen-bond acceptors (Lipinski definition) is 3. The highest BCUT2D eigenvalue weighted by atomic mass is 19.1. The van der Waals surface area contributed by atoms with E-state index in [1.54, 1.807) is 12.1 Å². The predicted octanol–water partition coefficient (Wildman–Crippen LogP) is 2.82. The lowest BCUT2D eigenvalue weighted by Crippen LogP contribution is -2.41. The smallest absolute Gasteiger partial charge is 0.222 e. The summed E-state index contributed by atoms with van der Waals surface area (Å²) in [6, 6.07) is 15.1. The maximum Gasteiger partial charge on any atom is 0.222 e. The first-order valence-corrected chi connectivity index (χ1v) is 8.71. The normalized spacial score (nSPS) is 17.5. The molecule has 1 fully saturated rings. The Kier molecular flexibility index (Phi) is 5.66. The lowest BCUT2D eigenvalue weighted by Gasteiger charge is -2.33. The Hall–Kier alpha value is -2.40. The highest BCUT2D eigenvalue weighted by Gasteiger charge is 2.23. The van der Waals surface area contributed by atoms with Gasteiger partial charge in [0.25, 0.3) is 0 Å². The third kappa shape index (κ3) is 4.57. The number of amides is 1. The SMILES string of the molecule is NC(=O)[C@H]1CCCN(c2ccc(CNCc3ccccc3F)cc2)C1. The van der Waals surface area contributed by atoms with E-state index in [2.05, 4.69) is 34.5 Å². The van der Waals surface area contributed by atoms with Crippen LogP contribution in [-0.2, 0) is 17.9 Å². The summed E-state index contributed by atoms with van der Waals surface area (Å²) in [4.78, 5) is 13.6. The average molecular weight is 341 g/mol. The second kappa shape index (κ2) is 8.12. The molecule has 2 aromatic carbocycles. The van der Waals surface area contributed by atoms with Crippen molar-refractivity contribution in [3.63, 3.8) is 0 Å². The average Bonchev–Trinajstić information content (AvgIpc) is 2.64. The van der Waals surface area contributed by atoms with Crippen molar-refractivity contribution < 1.29 is 9.18 Å². The van der Waals surface area contributed by atoms with Gasteiger partial charge in [-0.2, -0.15) is 0 Å². The maximum absolute atomic E-state index is 13.6. The molecule has 1 amide bonds. The molecule has 0 unspecified atom stereocenters. The van der Waals surface area contributed by atoms with Crippen LogP contribution in [0.25, 0.3) is 0 Å². The van der Waals surface area contributed by atoms with Crippen molar-refractivity contribution in [2.75, 3.05) is 18.0 Å². The van der Waals surface area contributed by atoms with Gasteiger partial charge in [-0.05, 0) is 36.6 Å². The van der Waals surface area contributed by atoms with Gasteiger partial charge in [-0.15, -0.1) is 0 Å². The van der Waals surface area contributed by atoms with Crippen LogP contribution in [0.3, 0.4) is 0 Å². The van der Waals surface area contributed by atoms with E-state index in [4.69, 9.17) is 5.73 Å². The first-order chi connectivity index (χ1) is 12.1. The van der Waals surface area contributed by atoms with E-state index in [0.717, 1.165) is 30.6 Å². The standard InChI is InChI=1S/C20H24FN3O/c21-19-6-2-1-4-16(19)13-23-12-15-7-9-18(10-8-15)24-11-3-5-17(14-24)20(22)25/h1-2,4,6-10,17,23H,3,5,11-14H2,(H2,22,25)/t17-/m0/s1. The number of anilines is 1. The van der Waals surface area contributed by atoms with Gasteiger partial charge in [-0.25, -0.2) is 4.39 Å². The summed E-state index contributed by atoms with van der Waals surface area (Å²) in [7, 11) is 0. The van der Waals surface area contributed by atoms with E-state index in [9.17, 15) is 9.18 Å². The second-order valence-electron chi connectivity index (χ2n) is 6.55. The highest BCUT2D eigenvalue weighted by molar-refractivity contribution is 5.77. The Labute approximate surface area is 147 Å². The van der Waals surface area contributed by atoms with E-state index in [-0.39, 0.29) is 17.6 Å². The number of rotatable bonds is 6. The zero-order valence-corrected chi connectivity index (χ0v) is 14.2. The quantitative estimate of drug-likeness (QED) is 0.849. The van der Waals surface area contributed by atoms with Gasteiger partial charge in [0.05, 0.1) is 5.92 Å². The van der Waals surface area contributed by atoms with Gasteiger partial charge < -0.3 is 16.0 Å².